The van der Waals surface area contributed by atoms with Gasteiger partial charge in [0.05, 0.1) is 13.1 Å². The second kappa shape index (κ2) is 7.84. The minimum Gasteiger partial charge on any atom is -0.444 e. The fourth-order valence-electron chi connectivity index (χ4n) is 3.03. The second-order valence-corrected chi connectivity index (χ2v) is 7.42. The number of carbonyl (C=O) groups is 1. The molecule has 1 saturated carbocycles. The van der Waals surface area contributed by atoms with Gasteiger partial charge in [-0.2, -0.15) is 0 Å². The molecule has 0 spiro atoms. The summed E-state index contributed by atoms with van der Waals surface area (Å²) in [6.45, 7) is 7.55. The van der Waals surface area contributed by atoms with E-state index in [0.717, 1.165) is 5.84 Å². The van der Waals surface area contributed by atoms with Crippen LogP contribution in [-0.2, 0) is 4.74 Å². The van der Waals surface area contributed by atoms with Crippen LogP contribution in [0.4, 0.5) is 4.79 Å². The standard InChI is InChI=1S/C17H31N3O2/c1-17(2,3)22-16(21)20-12-11-18-15(13-20)19-14-9-7-5-4-6-8-10-14/h14H,4-13H2,1-3H3,(H,18,19). The van der Waals surface area contributed by atoms with Crippen LogP contribution >= 0.6 is 0 Å². The molecule has 1 aliphatic carbocycles. The molecule has 2 rings (SSSR count). The predicted molar refractivity (Wildman–Crippen MR) is 89.4 cm³/mol. The van der Waals surface area contributed by atoms with Crippen molar-refractivity contribution in [2.75, 3.05) is 19.6 Å². The van der Waals surface area contributed by atoms with Gasteiger partial charge < -0.3 is 10.1 Å². The number of carbonyl (C=O) groups excluding carboxylic acids is 1. The molecule has 0 aromatic carbocycles. The predicted octanol–water partition coefficient (Wildman–Crippen LogP) is 3.34. The monoisotopic (exact) mass is 309 g/mol. The lowest BCUT2D eigenvalue weighted by Gasteiger charge is -2.31. The van der Waals surface area contributed by atoms with Crippen molar-refractivity contribution in [3.05, 3.63) is 0 Å². The molecule has 0 atom stereocenters. The first-order valence-corrected chi connectivity index (χ1v) is 8.72. The summed E-state index contributed by atoms with van der Waals surface area (Å²) in [7, 11) is 0. The van der Waals surface area contributed by atoms with Crippen molar-refractivity contribution < 1.29 is 9.53 Å². The van der Waals surface area contributed by atoms with E-state index >= 15 is 0 Å². The van der Waals surface area contributed by atoms with Crippen molar-refractivity contribution in [1.29, 1.82) is 0 Å². The molecule has 0 saturated heterocycles. The number of aliphatic imine (C=N–C) groups is 1. The molecular weight excluding hydrogens is 278 g/mol. The van der Waals surface area contributed by atoms with Crippen LogP contribution in [0.25, 0.3) is 0 Å². The molecule has 0 unspecified atom stereocenters. The molecule has 5 heteroatoms. The Kier molecular flexibility index (Phi) is 6.09. The van der Waals surface area contributed by atoms with Gasteiger partial charge in [-0.1, -0.05) is 32.1 Å². The first-order chi connectivity index (χ1) is 10.4. The highest BCUT2D eigenvalue weighted by molar-refractivity contribution is 5.88. The van der Waals surface area contributed by atoms with E-state index in [0.29, 0.717) is 25.7 Å². The Bertz CT molecular complexity index is 393. The summed E-state index contributed by atoms with van der Waals surface area (Å²) in [6, 6.07) is 0.512. The SMILES string of the molecule is CC(C)(C)OC(=O)N1CCN=C(NC2CCCCCCC2)C1. The molecule has 2 aliphatic rings. The third-order valence-electron chi connectivity index (χ3n) is 4.14. The van der Waals surface area contributed by atoms with Crippen molar-refractivity contribution in [3.8, 4) is 0 Å². The maximum Gasteiger partial charge on any atom is 0.410 e. The topological polar surface area (TPSA) is 53.9 Å². The van der Waals surface area contributed by atoms with Crippen molar-refractivity contribution in [2.45, 2.75) is 77.4 Å². The zero-order valence-corrected chi connectivity index (χ0v) is 14.4. The number of hydrogen-bond donors (Lipinski definition) is 1. The van der Waals surface area contributed by atoms with E-state index in [1.165, 1.54) is 44.9 Å². The number of nitrogens with one attached hydrogen (secondary N) is 1. The summed E-state index contributed by atoms with van der Waals surface area (Å²) in [5.74, 6) is 0.947. The molecule has 0 aromatic rings. The number of amidine groups is 1. The fourth-order valence-corrected chi connectivity index (χ4v) is 3.03. The number of rotatable bonds is 1. The van der Waals surface area contributed by atoms with Crippen molar-refractivity contribution >= 4 is 11.9 Å². The summed E-state index contributed by atoms with van der Waals surface area (Å²) < 4.78 is 5.46. The molecule has 1 aliphatic heterocycles. The summed E-state index contributed by atoms with van der Waals surface area (Å²) in [5.41, 5.74) is -0.446. The minimum absolute atomic E-state index is 0.237. The molecule has 22 heavy (non-hydrogen) atoms. The first kappa shape index (κ1) is 17.1. The molecular formula is C17H31N3O2. The Hall–Kier alpha value is -1.26. The number of amides is 1. The zero-order chi connectivity index (χ0) is 16.0. The van der Waals surface area contributed by atoms with Gasteiger partial charge in [0, 0.05) is 12.6 Å². The smallest absolute Gasteiger partial charge is 0.410 e. The molecule has 126 valence electrons. The van der Waals surface area contributed by atoms with E-state index in [4.69, 9.17) is 4.74 Å². The molecule has 0 bridgehead atoms. The summed E-state index contributed by atoms with van der Waals surface area (Å²) in [4.78, 5) is 18.5. The van der Waals surface area contributed by atoms with Crippen LogP contribution in [0.3, 0.4) is 0 Å². The Labute approximate surface area is 134 Å². The van der Waals surface area contributed by atoms with E-state index in [1.54, 1.807) is 4.90 Å². The minimum atomic E-state index is -0.446. The van der Waals surface area contributed by atoms with Gasteiger partial charge in [0.2, 0.25) is 0 Å². The molecule has 1 N–H and O–H groups in total. The third kappa shape index (κ3) is 5.85. The van der Waals surface area contributed by atoms with Gasteiger partial charge in [-0.15, -0.1) is 0 Å². The Morgan fingerprint density at radius 1 is 1.18 bits per heavy atom. The molecule has 5 nitrogen and oxygen atoms in total. The highest BCUT2D eigenvalue weighted by Gasteiger charge is 2.25. The summed E-state index contributed by atoms with van der Waals surface area (Å²) in [5, 5.41) is 3.57. The molecule has 1 fully saturated rings. The van der Waals surface area contributed by atoms with Crippen molar-refractivity contribution in [1.82, 2.24) is 10.2 Å². The Balaban J connectivity index is 1.84. The van der Waals surface area contributed by atoms with Crippen molar-refractivity contribution in [2.24, 2.45) is 4.99 Å². The summed E-state index contributed by atoms with van der Waals surface area (Å²) >= 11 is 0. The largest absolute Gasteiger partial charge is 0.444 e. The highest BCUT2D eigenvalue weighted by Crippen LogP contribution is 2.17. The second-order valence-electron chi connectivity index (χ2n) is 7.42. The van der Waals surface area contributed by atoms with Gasteiger partial charge in [0.1, 0.15) is 11.4 Å². The highest BCUT2D eigenvalue weighted by atomic mass is 16.6. The van der Waals surface area contributed by atoms with E-state index in [9.17, 15) is 4.79 Å². The van der Waals surface area contributed by atoms with Crippen LogP contribution in [0, 0.1) is 0 Å². The molecule has 0 radical (unpaired) electrons. The van der Waals surface area contributed by atoms with Crippen LogP contribution in [-0.4, -0.2) is 48.1 Å². The Morgan fingerprint density at radius 3 is 2.45 bits per heavy atom. The maximum atomic E-state index is 12.2. The van der Waals surface area contributed by atoms with Crippen LogP contribution in [0.1, 0.15) is 65.7 Å². The lowest BCUT2D eigenvalue weighted by atomic mass is 9.96. The van der Waals surface area contributed by atoms with Crippen LogP contribution in [0.15, 0.2) is 4.99 Å². The lowest BCUT2D eigenvalue weighted by molar-refractivity contribution is 0.0276. The molecule has 1 heterocycles. The van der Waals surface area contributed by atoms with Gasteiger partial charge in [-0.05, 0) is 33.6 Å². The van der Waals surface area contributed by atoms with Crippen molar-refractivity contribution in [3.63, 3.8) is 0 Å². The Morgan fingerprint density at radius 2 is 1.82 bits per heavy atom. The number of nitrogens with zero attached hydrogens (tertiary/aromatic N) is 2. The molecule has 1 amide bonds. The van der Waals surface area contributed by atoms with E-state index in [-0.39, 0.29) is 6.09 Å². The number of ether oxygens (including phenoxy) is 1. The van der Waals surface area contributed by atoms with Gasteiger partial charge >= 0.3 is 6.09 Å². The number of hydrogen-bond acceptors (Lipinski definition) is 4. The van der Waals surface area contributed by atoms with Gasteiger partial charge in [-0.25, -0.2) is 4.79 Å². The van der Waals surface area contributed by atoms with Gasteiger partial charge in [-0.3, -0.25) is 9.89 Å². The average Bonchev–Trinajstić information content (AvgIpc) is 2.40. The third-order valence-corrected chi connectivity index (χ3v) is 4.14. The quantitative estimate of drug-likeness (QED) is 0.808. The van der Waals surface area contributed by atoms with E-state index in [1.807, 2.05) is 20.8 Å². The molecule has 0 aromatic heterocycles. The lowest BCUT2D eigenvalue weighted by Crippen LogP contribution is -2.49. The zero-order valence-electron chi connectivity index (χ0n) is 14.4. The average molecular weight is 309 g/mol. The van der Waals surface area contributed by atoms with E-state index in [2.05, 4.69) is 10.3 Å². The first-order valence-electron chi connectivity index (χ1n) is 8.72. The van der Waals surface area contributed by atoms with E-state index < -0.39 is 5.60 Å². The fraction of sp³-hybridized carbons (Fsp3) is 0.882. The van der Waals surface area contributed by atoms with Gasteiger partial charge in [0.15, 0.2) is 0 Å². The summed E-state index contributed by atoms with van der Waals surface area (Å²) in [6.07, 6.45) is 8.83. The van der Waals surface area contributed by atoms with Crippen LogP contribution in [0.5, 0.6) is 0 Å². The van der Waals surface area contributed by atoms with Crippen LogP contribution in [0.2, 0.25) is 0 Å². The normalized spacial score (nSPS) is 21.6. The van der Waals surface area contributed by atoms with Crippen LogP contribution < -0.4 is 5.32 Å². The maximum absolute atomic E-state index is 12.2. The van der Waals surface area contributed by atoms with Gasteiger partial charge in [0.25, 0.3) is 0 Å².